The van der Waals surface area contributed by atoms with Crippen LogP contribution in [0.1, 0.15) is 43.1 Å². The van der Waals surface area contributed by atoms with Crippen LogP contribution in [-0.4, -0.2) is 29.0 Å². The van der Waals surface area contributed by atoms with E-state index in [0.29, 0.717) is 16.8 Å². The average Bonchev–Trinajstić information content (AvgIpc) is 3.28. The molecule has 0 spiro atoms. The van der Waals surface area contributed by atoms with Gasteiger partial charge >= 0.3 is 6.03 Å². The number of nitrogens with zero attached hydrogens (tertiary/aromatic N) is 4. The number of hydrogen-bond acceptors (Lipinski definition) is 7. The lowest BCUT2D eigenvalue weighted by Gasteiger charge is -2.17. The summed E-state index contributed by atoms with van der Waals surface area (Å²) in [4.78, 5) is 32.4. The summed E-state index contributed by atoms with van der Waals surface area (Å²) in [6.45, 7) is 3.46. The van der Waals surface area contributed by atoms with Crippen LogP contribution < -0.4 is 15.6 Å². The fourth-order valence-corrected chi connectivity index (χ4v) is 4.81. The Bertz CT molecular complexity index is 1490. The maximum absolute atomic E-state index is 12.8. The van der Waals surface area contributed by atoms with Crippen molar-refractivity contribution in [3.05, 3.63) is 70.0 Å². The predicted octanol–water partition coefficient (Wildman–Crippen LogP) is 2.76. The monoisotopic (exact) mass is 478 g/mol. The van der Waals surface area contributed by atoms with Crippen LogP contribution in [0.3, 0.4) is 0 Å². The van der Waals surface area contributed by atoms with E-state index in [1.54, 1.807) is 26.0 Å². The van der Waals surface area contributed by atoms with Crippen molar-refractivity contribution in [2.24, 2.45) is 0 Å². The fraction of sp³-hybridized carbons (Fsp3) is 0.261. The molecule has 0 saturated heterocycles. The number of nitrogens with one attached hydrogen (secondary N) is 2. The van der Waals surface area contributed by atoms with E-state index in [1.165, 1.54) is 10.8 Å². The summed E-state index contributed by atoms with van der Waals surface area (Å²) < 4.78 is 28.8. The molecule has 3 aromatic rings. The van der Waals surface area contributed by atoms with Gasteiger partial charge in [0.25, 0.3) is 15.6 Å². The molecule has 10 nitrogen and oxygen atoms in total. The molecule has 0 saturated carbocycles. The first kappa shape index (κ1) is 23.1. The highest BCUT2D eigenvalue weighted by atomic mass is 32.2. The number of urea groups is 1. The Labute approximate surface area is 196 Å². The number of carbonyl (C=O) groups is 1. The molecule has 11 heteroatoms. The smallest absolute Gasteiger partial charge is 0.309 e. The first-order chi connectivity index (χ1) is 16.2. The number of nitriles is 1. The molecule has 0 unspecified atom stereocenters. The Morgan fingerprint density at radius 1 is 1.21 bits per heavy atom. The zero-order valence-electron chi connectivity index (χ0n) is 18.6. The third-order valence-corrected chi connectivity index (χ3v) is 6.79. The number of rotatable bonds is 5. The summed E-state index contributed by atoms with van der Waals surface area (Å²) in [7, 11) is -4.34. The van der Waals surface area contributed by atoms with Crippen LogP contribution in [-0.2, 0) is 22.9 Å². The van der Waals surface area contributed by atoms with Gasteiger partial charge in [-0.2, -0.15) is 13.7 Å². The van der Waals surface area contributed by atoms with Gasteiger partial charge in [-0.15, -0.1) is 0 Å². The molecule has 0 bridgehead atoms. The lowest BCUT2D eigenvalue weighted by molar-refractivity contribution is 0.256. The van der Waals surface area contributed by atoms with Crippen molar-refractivity contribution < 1.29 is 13.2 Å². The summed E-state index contributed by atoms with van der Waals surface area (Å²) >= 11 is 0. The minimum atomic E-state index is -4.34. The van der Waals surface area contributed by atoms with Gasteiger partial charge < -0.3 is 9.88 Å². The van der Waals surface area contributed by atoms with E-state index in [2.05, 4.69) is 15.3 Å². The van der Waals surface area contributed by atoms with Gasteiger partial charge in [0.05, 0.1) is 11.9 Å². The molecule has 0 radical (unpaired) electrons. The topological polar surface area (TPSA) is 147 Å². The van der Waals surface area contributed by atoms with E-state index >= 15 is 0 Å². The van der Waals surface area contributed by atoms with Crippen molar-refractivity contribution in [3.63, 3.8) is 0 Å². The Morgan fingerprint density at radius 2 is 2.00 bits per heavy atom. The molecule has 1 aromatic carbocycles. The van der Waals surface area contributed by atoms with Gasteiger partial charge in [-0.3, -0.25) is 4.79 Å². The minimum absolute atomic E-state index is 0.224. The van der Waals surface area contributed by atoms with Crippen LogP contribution in [0, 0.1) is 11.3 Å². The molecular formula is C23H22N6O4S. The molecule has 2 N–H and O–H groups in total. The lowest BCUT2D eigenvalue weighted by atomic mass is 9.97. The van der Waals surface area contributed by atoms with Gasteiger partial charge in [-0.25, -0.2) is 19.5 Å². The molecule has 174 valence electrons. The third-order valence-electron chi connectivity index (χ3n) is 5.57. The second-order valence-electron chi connectivity index (χ2n) is 8.15. The summed E-state index contributed by atoms with van der Waals surface area (Å²) in [5.41, 5.74) is 3.58. The molecule has 0 fully saturated rings. The lowest BCUT2D eigenvalue weighted by Crippen LogP contribution is -2.36. The number of aromatic nitrogens is 3. The summed E-state index contributed by atoms with van der Waals surface area (Å²) in [5.74, 6) is 0. The Hall–Kier alpha value is -4.04. The number of carbonyl (C=O) groups excluding carboxylic acids is 1. The van der Waals surface area contributed by atoms with Crippen LogP contribution in [0.25, 0.3) is 11.1 Å². The Balaban J connectivity index is 1.67. The number of fused-ring (bicyclic) bond motifs is 1. The third kappa shape index (κ3) is 4.53. The number of hydrogen-bond donors (Lipinski definition) is 2. The van der Waals surface area contributed by atoms with Gasteiger partial charge in [0.2, 0.25) is 0 Å². The van der Waals surface area contributed by atoms with Crippen molar-refractivity contribution >= 4 is 21.7 Å². The molecule has 34 heavy (non-hydrogen) atoms. The van der Waals surface area contributed by atoms with E-state index in [-0.39, 0.29) is 11.7 Å². The van der Waals surface area contributed by atoms with Gasteiger partial charge in [-0.05, 0) is 61.9 Å². The first-order valence-corrected chi connectivity index (χ1v) is 12.1. The zero-order valence-corrected chi connectivity index (χ0v) is 19.4. The summed E-state index contributed by atoms with van der Waals surface area (Å²) in [6, 6.07) is 7.89. The van der Waals surface area contributed by atoms with Gasteiger partial charge in [-0.1, -0.05) is 12.1 Å². The van der Waals surface area contributed by atoms with Crippen molar-refractivity contribution in [2.75, 3.05) is 5.32 Å². The second kappa shape index (κ2) is 9.07. The average molecular weight is 479 g/mol. The summed E-state index contributed by atoms with van der Waals surface area (Å²) in [6.07, 6.45) is 6.01. The number of sulfonamides is 1. The van der Waals surface area contributed by atoms with Crippen molar-refractivity contribution in [3.8, 4) is 17.2 Å². The number of pyridine rings is 1. The van der Waals surface area contributed by atoms with Gasteiger partial charge in [0.15, 0.2) is 5.03 Å². The second-order valence-corrected chi connectivity index (χ2v) is 9.77. The number of aryl methyl sites for hydroxylation is 1. The molecule has 0 aliphatic heterocycles. The minimum Gasteiger partial charge on any atom is -0.309 e. The van der Waals surface area contributed by atoms with E-state index < -0.39 is 26.6 Å². The molecule has 0 atom stereocenters. The van der Waals surface area contributed by atoms with Crippen molar-refractivity contribution in [1.82, 2.24) is 19.3 Å². The van der Waals surface area contributed by atoms with Crippen LogP contribution >= 0.6 is 0 Å². The van der Waals surface area contributed by atoms with Crippen molar-refractivity contribution in [2.45, 2.75) is 44.2 Å². The molecule has 2 heterocycles. The standard InChI is InChI=1S/C23H22N6O4S/c1-14(2)29-13-20(26-12-21(29)30)34(32,33)28-23(31)27-22-18-5-3-4-15(18)6-7-19(22)16-8-9-25-17(10-16)11-24/h6-10,12-14H,3-5H2,1-2H3,(H2,27,28,31). The molecule has 2 amide bonds. The SMILES string of the molecule is CC(C)n1cc(S(=O)(=O)NC(=O)Nc2c(-c3ccnc(C#N)c3)ccc3c2CCC3)ncc1=O. The van der Waals surface area contributed by atoms with E-state index in [0.717, 1.165) is 42.8 Å². The summed E-state index contributed by atoms with van der Waals surface area (Å²) in [5, 5.41) is 11.4. The van der Waals surface area contributed by atoms with E-state index in [9.17, 15) is 23.3 Å². The largest absolute Gasteiger partial charge is 0.333 e. The number of anilines is 1. The molecular weight excluding hydrogens is 456 g/mol. The maximum atomic E-state index is 12.8. The highest BCUT2D eigenvalue weighted by Gasteiger charge is 2.24. The fourth-order valence-electron chi connectivity index (χ4n) is 3.97. The first-order valence-electron chi connectivity index (χ1n) is 10.6. The Kier molecular flexibility index (Phi) is 6.17. The van der Waals surface area contributed by atoms with Gasteiger partial charge in [0.1, 0.15) is 11.8 Å². The molecule has 4 rings (SSSR count). The van der Waals surface area contributed by atoms with Crippen LogP contribution in [0.2, 0.25) is 0 Å². The van der Waals surface area contributed by atoms with Crippen molar-refractivity contribution in [1.29, 1.82) is 5.26 Å². The normalized spacial score (nSPS) is 12.8. The van der Waals surface area contributed by atoms with Crippen LogP contribution in [0.5, 0.6) is 0 Å². The molecule has 1 aliphatic carbocycles. The van der Waals surface area contributed by atoms with E-state index in [1.807, 2.05) is 22.9 Å². The van der Waals surface area contributed by atoms with Crippen LogP contribution in [0.4, 0.5) is 10.5 Å². The quantitative estimate of drug-likeness (QED) is 0.573. The maximum Gasteiger partial charge on any atom is 0.333 e. The molecule has 1 aliphatic rings. The highest BCUT2D eigenvalue weighted by Crippen LogP contribution is 2.37. The number of benzene rings is 1. The number of amides is 2. The Morgan fingerprint density at radius 3 is 2.74 bits per heavy atom. The zero-order chi connectivity index (χ0) is 24.5. The molecule has 2 aromatic heterocycles. The van der Waals surface area contributed by atoms with Crippen LogP contribution in [0.15, 0.2) is 52.7 Å². The highest BCUT2D eigenvalue weighted by molar-refractivity contribution is 7.90. The van der Waals surface area contributed by atoms with Gasteiger partial charge in [0, 0.05) is 24.0 Å². The predicted molar refractivity (Wildman–Crippen MR) is 125 cm³/mol. The van der Waals surface area contributed by atoms with E-state index in [4.69, 9.17) is 0 Å².